The zero-order valence-electron chi connectivity index (χ0n) is 15.7. The van der Waals surface area contributed by atoms with Gasteiger partial charge >= 0.3 is 6.03 Å². The van der Waals surface area contributed by atoms with Crippen molar-refractivity contribution >= 4 is 6.03 Å². The van der Waals surface area contributed by atoms with Crippen molar-refractivity contribution in [2.24, 2.45) is 5.92 Å². The second-order valence-corrected chi connectivity index (χ2v) is 7.33. The summed E-state index contributed by atoms with van der Waals surface area (Å²) in [5.41, 5.74) is 1.21. The van der Waals surface area contributed by atoms with Gasteiger partial charge in [0.1, 0.15) is 11.9 Å². The number of piperidine rings is 1. The first-order valence-electron chi connectivity index (χ1n) is 9.80. The van der Waals surface area contributed by atoms with Crippen molar-refractivity contribution in [3.8, 4) is 5.75 Å². The molecule has 2 fully saturated rings. The van der Waals surface area contributed by atoms with Crippen LogP contribution >= 0.6 is 0 Å². The summed E-state index contributed by atoms with van der Waals surface area (Å²) in [6.45, 7) is 7.15. The maximum Gasteiger partial charge on any atom is 0.317 e. The van der Waals surface area contributed by atoms with E-state index in [4.69, 9.17) is 4.74 Å². The lowest BCUT2D eigenvalue weighted by molar-refractivity contribution is 0.0434. The van der Waals surface area contributed by atoms with Crippen molar-refractivity contribution in [1.29, 1.82) is 0 Å². The van der Waals surface area contributed by atoms with Gasteiger partial charge in [0.25, 0.3) is 0 Å². The molecule has 2 aliphatic heterocycles. The number of benzene rings is 1. The Labute approximate surface area is 156 Å². The molecule has 2 saturated heterocycles. The maximum absolute atomic E-state index is 12.2. The van der Waals surface area contributed by atoms with Crippen LogP contribution in [0.3, 0.4) is 0 Å². The van der Waals surface area contributed by atoms with E-state index in [1.54, 1.807) is 4.90 Å². The molecule has 1 aromatic rings. The quantitative estimate of drug-likeness (QED) is 0.776. The standard InChI is InChI=1S/C20H31N3O3/c1-2-17-7-3-4-8-19(17)26-18-13-23(14-18)20(25)21-9-11-22-10-5-6-16(12-22)15-24/h3-4,7-8,16,18,24H,2,5-6,9-15H2,1H3,(H,21,25)/t16-/m1/s1. The van der Waals surface area contributed by atoms with Crippen LogP contribution in [-0.2, 0) is 6.42 Å². The number of hydrogen-bond acceptors (Lipinski definition) is 4. The van der Waals surface area contributed by atoms with Crippen LogP contribution < -0.4 is 10.1 Å². The highest BCUT2D eigenvalue weighted by Gasteiger charge is 2.32. The molecule has 0 radical (unpaired) electrons. The van der Waals surface area contributed by atoms with Gasteiger partial charge in [0.15, 0.2) is 0 Å². The summed E-state index contributed by atoms with van der Waals surface area (Å²) in [6.07, 6.45) is 3.26. The number of urea groups is 1. The Kier molecular flexibility index (Phi) is 6.74. The van der Waals surface area contributed by atoms with Crippen molar-refractivity contribution in [2.45, 2.75) is 32.3 Å². The number of carbonyl (C=O) groups excluding carboxylic acids is 1. The van der Waals surface area contributed by atoms with Crippen molar-refractivity contribution in [3.63, 3.8) is 0 Å². The predicted octanol–water partition coefficient (Wildman–Crippen LogP) is 1.73. The first-order chi connectivity index (χ1) is 12.7. The third-order valence-corrected chi connectivity index (χ3v) is 5.35. The Balaban J connectivity index is 1.33. The third-order valence-electron chi connectivity index (χ3n) is 5.35. The maximum atomic E-state index is 12.2. The molecule has 2 aliphatic rings. The number of nitrogens with one attached hydrogen (secondary N) is 1. The summed E-state index contributed by atoms with van der Waals surface area (Å²) in [7, 11) is 0. The summed E-state index contributed by atoms with van der Waals surface area (Å²) in [4.78, 5) is 16.3. The molecule has 3 rings (SSSR count). The van der Waals surface area contributed by atoms with Crippen LogP contribution in [0.4, 0.5) is 4.79 Å². The Morgan fingerprint density at radius 1 is 1.31 bits per heavy atom. The van der Waals surface area contributed by atoms with Gasteiger partial charge in [-0.15, -0.1) is 0 Å². The number of aliphatic hydroxyl groups is 1. The largest absolute Gasteiger partial charge is 0.486 e. The molecule has 26 heavy (non-hydrogen) atoms. The first kappa shape index (κ1) is 19.0. The highest BCUT2D eigenvalue weighted by Crippen LogP contribution is 2.23. The lowest BCUT2D eigenvalue weighted by Gasteiger charge is -2.39. The van der Waals surface area contributed by atoms with Gasteiger partial charge in [-0.1, -0.05) is 25.1 Å². The number of rotatable bonds is 7. The predicted molar refractivity (Wildman–Crippen MR) is 101 cm³/mol. The van der Waals surface area contributed by atoms with Crippen LogP contribution in [0.1, 0.15) is 25.3 Å². The van der Waals surface area contributed by atoms with Gasteiger partial charge in [-0.25, -0.2) is 4.79 Å². The average Bonchev–Trinajstić information content (AvgIpc) is 2.64. The number of likely N-dealkylation sites (tertiary alicyclic amines) is 2. The fourth-order valence-corrected chi connectivity index (χ4v) is 3.71. The Hall–Kier alpha value is -1.79. The number of carbonyl (C=O) groups is 1. The molecule has 1 atom stereocenters. The molecule has 0 spiro atoms. The van der Waals surface area contributed by atoms with Gasteiger partial charge in [-0.2, -0.15) is 0 Å². The third kappa shape index (κ3) is 4.89. The van der Waals surface area contributed by atoms with Crippen LogP contribution in [-0.4, -0.2) is 72.9 Å². The summed E-state index contributed by atoms with van der Waals surface area (Å²) in [5.74, 6) is 1.32. The SMILES string of the molecule is CCc1ccccc1OC1CN(C(=O)NCCN2CCC[C@@H](CO)C2)C1. The molecule has 0 unspecified atom stereocenters. The number of amides is 2. The summed E-state index contributed by atoms with van der Waals surface area (Å²) in [5, 5.41) is 12.3. The summed E-state index contributed by atoms with van der Waals surface area (Å²) < 4.78 is 6.02. The van der Waals surface area contributed by atoms with Crippen molar-refractivity contribution < 1.29 is 14.6 Å². The van der Waals surface area contributed by atoms with Crippen LogP contribution in [0.15, 0.2) is 24.3 Å². The van der Waals surface area contributed by atoms with Crippen LogP contribution in [0.5, 0.6) is 5.75 Å². The molecular weight excluding hydrogens is 330 g/mol. The molecule has 0 aromatic heterocycles. The molecule has 2 N–H and O–H groups in total. The highest BCUT2D eigenvalue weighted by molar-refractivity contribution is 5.75. The van der Waals surface area contributed by atoms with Crippen molar-refractivity contribution in [3.05, 3.63) is 29.8 Å². The minimum absolute atomic E-state index is 0.00987. The number of hydrogen-bond donors (Lipinski definition) is 2. The number of ether oxygens (including phenoxy) is 1. The molecule has 6 heteroatoms. The normalized spacial score (nSPS) is 21.3. The molecule has 144 valence electrons. The van der Waals surface area contributed by atoms with E-state index < -0.39 is 0 Å². The molecule has 2 heterocycles. The zero-order chi connectivity index (χ0) is 18.4. The van der Waals surface area contributed by atoms with E-state index in [1.165, 1.54) is 5.56 Å². The monoisotopic (exact) mass is 361 g/mol. The van der Waals surface area contributed by atoms with Gasteiger partial charge in [0, 0.05) is 26.2 Å². The van der Waals surface area contributed by atoms with Gasteiger partial charge < -0.3 is 25.0 Å². The molecule has 0 bridgehead atoms. The van der Waals surface area contributed by atoms with E-state index in [9.17, 15) is 9.90 Å². The minimum Gasteiger partial charge on any atom is -0.486 e. The fraction of sp³-hybridized carbons (Fsp3) is 0.650. The fourth-order valence-electron chi connectivity index (χ4n) is 3.71. The van der Waals surface area contributed by atoms with E-state index in [1.807, 2.05) is 18.2 Å². The number of aryl methyl sites for hydroxylation is 1. The molecule has 6 nitrogen and oxygen atoms in total. The van der Waals surface area contributed by atoms with E-state index in [2.05, 4.69) is 23.2 Å². The number of para-hydroxylation sites is 1. The first-order valence-corrected chi connectivity index (χ1v) is 9.80. The Morgan fingerprint density at radius 3 is 2.88 bits per heavy atom. The summed E-state index contributed by atoms with van der Waals surface area (Å²) in [6, 6.07) is 8.08. The Bertz CT molecular complexity index is 589. The van der Waals surface area contributed by atoms with E-state index >= 15 is 0 Å². The summed E-state index contributed by atoms with van der Waals surface area (Å²) >= 11 is 0. The number of aliphatic hydroxyl groups excluding tert-OH is 1. The topological polar surface area (TPSA) is 65.0 Å². The Morgan fingerprint density at radius 2 is 2.12 bits per heavy atom. The van der Waals surface area contributed by atoms with Crippen LogP contribution in [0, 0.1) is 5.92 Å². The second-order valence-electron chi connectivity index (χ2n) is 7.33. The molecule has 0 aliphatic carbocycles. The van der Waals surface area contributed by atoms with Gasteiger partial charge in [-0.3, -0.25) is 0 Å². The van der Waals surface area contributed by atoms with Gasteiger partial charge in [-0.05, 0) is 43.4 Å². The zero-order valence-corrected chi connectivity index (χ0v) is 15.7. The lowest BCUT2D eigenvalue weighted by atomic mass is 9.99. The second kappa shape index (κ2) is 9.24. The molecule has 2 amide bonds. The number of nitrogens with zero attached hydrogens (tertiary/aromatic N) is 2. The van der Waals surface area contributed by atoms with E-state index in [-0.39, 0.29) is 18.7 Å². The van der Waals surface area contributed by atoms with E-state index in [0.717, 1.165) is 44.6 Å². The van der Waals surface area contributed by atoms with Gasteiger partial charge in [0.05, 0.1) is 13.1 Å². The molecular formula is C20H31N3O3. The van der Waals surface area contributed by atoms with E-state index in [0.29, 0.717) is 25.6 Å². The van der Waals surface area contributed by atoms with Crippen LogP contribution in [0.25, 0.3) is 0 Å². The molecule has 0 saturated carbocycles. The van der Waals surface area contributed by atoms with Crippen molar-refractivity contribution in [1.82, 2.24) is 15.1 Å². The smallest absolute Gasteiger partial charge is 0.317 e. The van der Waals surface area contributed by atoms with Gasteiger partial charge in [0.2, 0.25) is 0 Å². The highest BCUT2D eigenvalue weighted by atomic mass is 16.5. The van der Waals surface area contributed by atoms with Crippen LogP contribution in [0.2, 0.25) is 0 Å². The minimum atomic E-state index is -0.00987. The average molecular weight is 361 g/mol. The molecule has 1 aromatic carbocycles. The van der Waals surface area contributed by atoms with Crippen molar-refractivity contribution in [2.75, 3.05) is 45.9 Å². The lowest BCUT2D eigenvalue weighted by Crippen LogP contribution is -2.59.